The summed E-state index contributed by atoms with van der Waals surface area (Å²) < 4.78 is 0. The van der Waals surface area contributed by atoms with E-state index in [0.717, 1.165) is 35.6 Å². The Bertz CT molecular complexity index is 787. The summed E-state index contributed by atoms with van der Waals surface area (Å²) in [5.74, 6) is 0.465. The molecule has 0 aromatic heterocycles. The molecule has 3 rings (SSSR count). The Balaban J connectivity index is 2.09. The lowest BCUT2D eigenvalue weighted by Gasteiger charge is -2.10. The van der Waals surface area contributed by atoms with Crippen LogP contribution in [-0.2, 0) is 0 Å². The summed E-state index contributed by atoms with van der Waals surface area (Å²) in [5, 5.41) is 0. The molecule has 2 aromatic rings. The van der Waals surface area contributed by atoms with Crippen LogP contribution in [0.2, 0.25) is 0 Å². The van der Waals surface area contributed by atoms with Crippen molar-refractivity contribution in [2.45, 2.75) is 47.5 Å². The van der Waals surface area contributed by atoms with E-state index in [0.29, 0.717) is 5.92 Å². The SMILES string of the molecule is Cc1cccc(C)c1/N=C1/CCC(C)/C1=N\c1c(C)cccc1C. The maximum atomic E-state index is 5.06. The molecule has 2 nitrogen and oxygen atoms in total. The van der Waals surface area contributed by atoms with Crippen molar-refractivity contribution >= 4 is 22.8 Å². The predicted molar refractivity (Wildman–Crippen MR) is 104 cm³/mol. The quantitative estimate of drug-likeness (QED) is 0.630. The fourth-order valence-corrected chi connectivity index (χ4v) is 3.41. The Labute approximate surface area is 145 Å². The van der Waals surface area contributed by atoms with Crippen molar-refractivity contribution in [3.05, 3.63) is 58.7 Å². The minimum Gasteiger partial charge on any atom is -0.251 e. The second-order valence-electron chi connectivity index (χ2n) is 6.98. The summed E-state index contributed by atoms with van der Waals surface area (Å²) >= 11 is 0. The lowest BCUT2D eigenvalue weighted by atomic mass is 10.1. The highest BCUT2D eigenvalue weighted by molar-refractivity contribution is 6.45. The van der Waals surface area contributed by atoms with E-state index in [2.05, 4.69) is 71.0 Å². The Hall–Kier alpha value is -2.22. The number of aliphatic imine (C=N–C) groups is 2. The number of aryl methyl sites for hydroxylation is 4. The highest BCUT2D eigenvalue weighted by Gasteiger charge is 2.25. The summed E-state index contributed by atoms with van der Waals surface area (Å²) in [6.07, 6.45) is 2.15. The summed E-state index contributed by atoms with van der Waals surface area (Å²) in [6, 6.07) is 12.7. The van der Waals surface area contributed by atoms with Crippen molar-refractivity contribution in [1.29, 1.82) is 0 Å². The first kappa shape index (κ1) is 16.6. The fourth-order valence-electron chi connectivity index (χ4n) is 3.41. The Morgan fingerprint density at radius 2 is 1.21 bits per heavy atom. The highest BCUT2D eigenvalue weighted by Crippen LogP contribution is 2.31. The lowest BCUT2D eigenvalue weighted by Crippen LogP contribution is -2.12. The van der Waals surface area contributed by atoms with Gasteiger partial charge in [0, 0.05) is 5.92 Å². The number of benzene rings is 2. The lowest BCUT2D eigenvalue weighted by molar-refractivity contribution is 0.747. The molecule has 0 N–H and O–H groups in total. The van der Waals surface area contributed by atoms with Crippen LogP contribution in [0.4, 0.5) is 11.4 Å². The molecular formula is C22H26N2. The molecule has 1 atom stereocenters. The summed E-state index contributed by atoms with van der Waals surface area (Å²) in [7, 11) is 0. The van der Waals surface area contributed by atoms with E-state index in [1.807, 2.05) is 0 Å². The van der Waals surface area contributed by atoms with Gasteiger partial charge in [-0.15, -0.1) is 0 Å². The molecule has 124 valence electrons. The molecule has 0 radical (unpaired) electrons. The molecule has 1 aliphatic rings. The second kappa shape index (κ2) is 6.72. The minimum absolute atomic E-state index is 0.465. The molecule has 0 spiro atoms. The van der Waals surface area contributed by atoms with E-state index < -0.39 is 0 Å². The van der Waals surface area contributed by atoms with Crippen LogP contribution in [0.3, 0.4) is 0 Å². The van der Waals surface area contributed by atoms with E-state index in [9.17, 15) is 0 Å². The maximum Gasteiger partial charge on any atom is 0.0692 e. The standard InChI is InChI=1S/C22H26N2/c1-14-8-6-9-15(2)20(14)23-19-13-12-18(5)22(19)24-21-16(3)10-7-11-17(21)4/h6-11,18H,12-13H2,1-5H3/b23-19-,24-22+. The summed E-state index contributed by atoms with van der Waals surface area (Å²) in [6.45, 7) is 10.8. The molecule has 0 saturated heterocycles. The van der Waals surface area contributed by atoms with Crippen molar-refractivity contribution in [2.75, 3.05) is 0 Å². The van der Waals surface area contributed by atoms with Gasteiger partial charge in [0.2, 0.25) is 0 Å². The van der Waals surface area contributed by atoms with Gasteiger partial charge in [0.25, 0.3) is 0 Å². The van der Waals surface area contributed by atoms with Gasteiger partial charge in [-0.2, -0.15) is 0 Å². The zero-order valence-electron chi connectivity index (χ0n) is 15.4. The molecule has 1 aliphatic carbocycles. The maximum absolute atomic E-state index is 5.06. The Morgan fingerprint density at radius 1 is 0.750 bits per heavy atom. The topological polar surface area (TPSA) is 24.7 Å². The van der Waals surface area contributed by atoms with Gasteiger partial charge in [-0.1, -0.05) is 43.3 Å². The number of nitrogens with zero attached hydrogens (tertiary/aromatic N) is 2. The van der Waals surface area contributed by atoms with Crippen molar-refractivity contribution in [3.8, 4) is 0 Å². The molecule has 1 saturated carbocycles. The van der Waals surface area contributed by atoms with E-state index in [4.69, 9.17) is 9.98 Å². The van der Waals surface area contributed by atoms with Crippen molar-refractivity contribution in [2.24, 2.45) is 15.9 Å². The Morgan fingerprint density at radius 3 is 1.71 bits per heavy atom. The van der Waals surface area contributed by atoms with Crippen molar-refractivity contribution in [1.82, 2.24) is 0 Å². The first-order chi connectivity index (χ1) is 11.5. The van der Waals surface area contributed by atoms with Gasteiger partial charge in [0.1, 0.15) is 0 Å². The van der Waals surface area contributed by atoms with Gasteiger partial charge in [0.05, 0.1) is 22.8 Å². The van der Waals surface area contributed by atoms with E-state index >= 15 is 0 Å². The van der Waals surface area contributed by atoms with Gasteiger partial charge in [-0.25, -0.2) is 0 Å². The smallest absolute Gasteiger partial charge is 0.0692 e. The number of hydrogen-bond donors (Lipinski definition) is 0. The summed E-state index contributed by atoms with van der Waals surface area (Å²) in [5.41, 5.74) is 9.45. The fraction of sp³-hybridized carbons (Fsp3) is 0.364. The van der Waals surface area contributed by atoms with Gasteiger partial charge >= 0.3 is 0 Å². The first-order valence-corrected chi connectivity index (χ1v) is 8.76. The van der Waals surface area contributed by atoms with Gasteiger partial charge in [0.15, 0.2) is 0 Å². The average Bonchev–Trinajstić information content (AvgIpc) is 2.87. The molecule has 1 fully saturated rings. The van der Waals surface area contributed by atoms with Crippen LogP contribution in [0.5, 0.6) is 0 Å². The summed E-state index contributed by atoms with van der Waals surface area (Å²) in [4.78, 5) is 10.1. The van der Waals surface area contributed by atoms with E-state index in [-0.39, 0.29) is 0 Å². The molecule has 2 heteroatoms. The predicted octanol–water partition coefficient (Wildman–Crippen LogP) is 6.20. The third-order valence-electron chi connectivity index (χ3n) is 4.93. The number of hydrogen-bond acceptors (Lipinski definition) is 2. The molecule has 24 heavy (non-hydrogen) atoms. The number of rotatable bonds is 2. The van der Waals surface area contributed by atoms with Gasteiger partial charge in [-0.3, -0.25) is 9.98 Å². The third kappa shape index (κ3) is 3.19. The minimum atomic E-state index is 0.465. The molecule has 1 unspecified atom stereocenters. The van der Waals surface area contributed by atoms with Crippen LogP contribution in [-0.4, -0.2) is 11.4 Å². The largest absolute Gasteiger partial charge is 0.251 e. The molecule has 0 aliphatic heterocycles. The van der Waals surface area contributed by atoms with Crippen molar-refractivity contribution < 1.29 is 0 Å². The number of para-hydroxylation sites is 2. The van der Waals surface area contributed by atoms with Crippen LogP contribution in [0.1, 0.15) is 42.0 Å². The molecule has 2 aromatic carbocycles. The molecule has 0 bridgehead atoms. The average molecular weight is 318 g/mol. The molecular weight excluding hydrogens is 292 g/mol. The zero-order valence-corrected chi connectivity index (χ0v) is 15.4. The van der Waals surface area contributed by atoms with Crippen LogP contribution in [0, 0.1) is 33.6 Å². The van der Waals surface area contributed by atoms with E-state index in [1.54, 1.807) is 0 Å². The third-order valence-corrected chi connectivity index (χ3v) is 4.93. The van der Waals surface area contributed by atoms with Gasteiger partial charge in [-0.05, 0) is 62.8 Å². The second-order valence-corrected chi connectivity index (χ2v) is 6.98. The molecule has 0 amide bonds. The van der Waals surface area contributed by atoms with Crippen LogP contribution >= 0.6 is 0 Å². The highest BCUT2D eigenvalue weighted by atomic mass is 14.8. The van der Waals surface area contributed by atoms with Crippen LogP contribution in [0.15, 0.2) is 46.4 Å². The van der Waals surface area contributed by atoms with Crippen molar-refractivity contribution in [3.63, 3.8) is 0 Å². The van der Waals surface area contributed by atoms with Crippen LogP contribution < -0.4 is 0 Å². The zero-order chi connectivity index (χ0) is 17.3. The first-order valence-electron chi connectivity index (χ1n) is 8.76. The Kier molecular flexibility index (Phi) is 4.66. The molecule has 0 heterocycles. The van der Waals surface area contributed by atoms with E-state index in [1.165, 1.54) is 22.3 Å². The normalized spacial score (nSPS) is 21.0. The van der Waals surface area contributed by atoms with Gasteiger partial charge < -0.3 is 0 Å². The van der Waals surface area contributed by atoms with Crippen LogP contribution in [0.25, 0.3) is 0 Å². The monoisotopic (exact) mass is 318 g/mol.